The molecule has 1 atom stereocenters. The number of rotatable bonds is 9. The van der Waals surface area contributed by atoms with E-state index in [9.17, 15) is 14.0 Å². The summed E-state index contributed by atoms with van der Waals surface area (Å²) in [6.07, 6.45) is 1.65. The van der Waals surface area contributed by atoms with Crippen molar-refractivity contribution in [3.8, 4) is 0 Å². The summed E-state index contributed by atoms with van der Waals surface area (Å²) >= 11 is 0. The highest BCUT2D eigenvalue weighted by Gasteiger charge is 2.25. The van der Waals surface area contributed by atoms with Crippen LogP contribution in [0.4, 0.5) is 4.39 Å². The molecule has 0 fully saturated rings. The maximum Gasteiger partial charge on any atom is 0.242 e. The van der Waals surface area contributed by atoms with Gasteiger partial charge < -0.3 is 10.2 Å². The Balaban J connectivity index is 2.10. The van der Waals surface area contributed by atoms with Gasteiger partial charge in [-0.3, -0.25) is 9.59 Å². The number of nitrogens with zero attached hydrogens (tertiary/aromatic N) is 1. The number of hydrogen-bond acceptors (Lipinski definition) is 2. The van der Waals surface area contributed by atoms with Crippen molar-refractivity contribution >= 4 is 11.8 Å². The van der Waals surface area contributed by atoms with E-state index in [1.54, 1.807) is 24.0 Å². The van der Waals surface area contributed by atoms with Gasteiger partial charge in [0, 0.05) is 13.1 Å². The zero-order valence-electron chi connectivity index (χ0n) is 16.0. The second kappa shape index (κ2) is 10.5. The summed E-state index contributed by atoms with van der Waals surface area (Å²) in [5, 5.41) is 2.85. The number of hydrogen-bond donors (Lipinski definition) is 1. The first-order chi connectivity index (χ1) is 13.0. The van der Waals surface area contributed by atoms with Crippen molar-refractivity contribution in [2.45, 2.75) is 39.2 Å². The molecule has 0 heterocycles. The lowest BCUT2D eigenvalue weighted by molar-refractivity contribution is -0.139. The van der Waals surface area contributed by atoms with Gasteiger partial charge in [-0.05, 0) is 43.0 Å². The molecule has 4 nitrogen and oxygen atoms in total. The van der Waals surface area contributed by atoms with E-state index in [0.29, 0.717) is 19.5 Å². The summed E-state index contributed by atoms with van der Waals surface area (Å²) in [5.74, 6) is -0.631. The van der Waals surface area contributed by atoms with E-state index in [4.69, 9.17) is 0 Å². The second-order valence-corrected chi connectivity index (χ2v) is 6.59. The van der Waals surface area contributed by atoms with E-state index in [1.807, 2.05) is 37.3 Å². The van der Waals surface area contributed by atoms with Gasteiger partial charge in [-0.2, -0.15) is 0 Å². The lowest BCUT2D eigenvalue weighted by atomic mass is 10.1. The van der Waals surface area contributed by atoms with Crippen LogP contribution in [0.1, 0.15) is 31.4 Å². The molecule has 5 heteroatoms. The first-order valence-electron chi connectivity index (χ1n) is 9.36. The van der Waals surface area contributed by atoms with Crippen LogP contribution in [0.15, 0.2) is 54.6 Å². The van der Waals surface area contributed by atoms with E-state index in [0.717, 1.165) is 17.5 Å². The van der Waals surface area contributed by atoms with Crippen molar-refractivity contribution < 1.29 is 14.0 Å². The minimum absolute atomic E-state index is 0.139. The number of halogens is 1. The van der Waals surface area contributed by atoms with Crippen LogP contribution in [0.5, 0.6) is 0 Å². The Morgan fingerprint density at radius 1 is 1.04 bits per heavy atom. The Labute approximate surface area is 160 Å². The molecule has 27 heavy (non-hydrogen) atoms. The molecule has 0 bridgehead atoms. The van der Waals surface area contributed by atoms with E-state index in [-0.39, 0.29) is 24.1 Å². The zero-order valence-corrected chi connectivity index (χ0v) is 16.0. The number of carbonyl (C=O) groups is 2. The first kappa shape index (κ1) is 20.6. The molecule has 0 saturated heterocycles. The van der Waals surface area contributed by atoms with Crippen molar-refractivity contribution in [3.63, 3.8) is 0 Å². The predicted octanol–water partition coefficient (Wildman–Crippen LogP) is 3.35. The molecule has 0 aliphatic heterocycles. The molecule has 0 aliphatic rings. The van der Waals surface area contributed by atoms with Crippen molar-refractivity contribution in [1.82, 2.24) is 10.2 Å². The second-order valence-electron chi connectivity index (χ2n) is 6.59. The van der Waals surface area contributed by atoms with E-state index in [1.165, 1.54) is 12.1 Å². The van der Waals surface area contributed by atoms with Gasteiger partial charge in [0.05, 0.1) is 6.42 Å². The SMILES string of the molecule is CCCNC(=O)[C@H](C)N(CCc1ccccc1)C(=O)Cc1ccc(F)cc1. The maximum atomic E-state index is 13.1. The normalized spacial score (nSPS) is 11.7. The Kier molecular flexibility index (Phi) is 7.99. The number of benzene rings is 2. The van der Waals surface area contributed by atoms with Crippen LogP contribution in [0, 0.1) is 5.82 Å². The van der Waals surface area contributed by atoms with Crippen LogP contribution in [0.3, 0.4) is 0 Å². The molecule has 0 unspecified atom stereocenters. The van der Waals surface area contributed by atoms with Gasteiger partial charge >= 0.3 is 0 Å². The molecular formula is C22H27FN2O2. The molecule has 2 rings (SSSR count). The minimum atomic E-state index is -0.562. The minimum Gasteiger partial charge on any atom is -0.354 e. The van der Waals surface area contributed by atoms with Gasteiger partial charge in [0.1, 0.15) is 11.9 Å². The molecule has 0 saturated carbocycles. The van der Waals surface area contributed by atoms with Crippen molar-refractivity contribution in [3.05, 3.63) is 71.5 Å². The summed E-state index contributed by atoms with van der Waals surface area (Å²) in [6, 6.07) is 15.2. The molecule has 144 valence electrons. The summed E-state index contributed by atoms with van der Waals surface area (Å²) < 4.78 is 13.1. The summed E-state index contributed by atoms with van der Waals surface area (Å²) in [5.41, 5.74) is 1.84. The highest BCUT2D eigenvalue weighted by atomic mass is 19.1. The molecule has 0 aliphatic carbocycles. The van der Waals surface area contributed by atoms with Crippen LogP contribution in [0.2, 0.25) is 0 Å². The molecule has 1 N–H and O–H groups in total. The fourth-order valence-electron chi connectivity index (χ4n) is 2.84. The summed E-state index contributed by atoms with van der Waals surface area (Å²) in [4.78, 5) is 26.9. The Morgan fingerprint density at radius 3 is 2.33 bits per heavy atom. The van der Waals surface area contributed by atoms with Gasteiger partial charge in [0.2, 0.25) is 11.8 Å². The third-order valence-electron chi connectivity index (χ3n) is 4.47. The topological polar surface area (TPSA) is 49.4 Å². The first-order valence-corrected chi connectivity index (χ1v) is 9.36. The zero-order chi connectivity index (χ0) is 19.6. The van der Waals surface area contributed by atoms with Gasteiger partial charge in [0.25, 0.3) is 0 Å². The van der Waals surface area contributed by atoms with Gasteiger partial charge in [-0.25, -0.2) is 4.39 Å². The molecular weight excluding hydrogens is 343 g/mol. The monoisotopic (exact) mass is 370 g/mol. The molecule has 0 radical (unpaired) electrons. The van der Waals surface area contributed by atoms with Crippen LogP contribution in [-0.4, -0.2) is 35.8 Å². The summed E-state index contributed by atoms with van der Waals surface area (Å²) in [7, 11) is 0. The van der Waals surface area contributed by atoms with Crippen LogP contribution < -0.4 is 5.32 Å². The third-order valence-corrected chi connectivity index (χ3v) is 4.47. The fourth-order valence-corrected chi connectivity index (χ4v) is 2.84. The smallest absolute Gasteiger partial charge is 0.242 e. The Bertz CT molecular complexity index is 732. The van der Waals surface area contributed by atoms with Crippen molar-refractivity contribution in [1.29, 1.82) is 0 Å². The Morgan fingerprint density at radius 2 is 1.70 bits per heavy atom. The average Bonchev–Trinajstić information content (AvgIpc) is 2.68. The van der Waals surface area contributed by atoms with Crippen molar-refractivity contribution in [2.75, 3.05) is 13.1 Å². The van der Waals surface area contributed by atoms with Gasteiger partial charge in [-0.15, -0.1) is 0 Å². The molecule has 0 aromatic heterocycles. The third kappa shape index (κ3) is 6.51. The predicted molar refractivity (Wildman–Crippen MR) is 105 cm³/mol. The molecule has 2 amide bonds. The lowest BCUT2D eigenvalue weighted by Gasteiger charge is -2.29. The summed E-state index contributed by atoms with van der Waals surface area (Å²) in [6.45, 7) is 4.77. The number of amides is 2. The fraction of sp³-hybridized carbons (Fsp3) is 0.364. The van der Waals surface area contributed by atoms with Crippen LogP contribution >= 0.6 is 0 Å². The molecule has 2 aromatic rings. The number of carbonyl (C=O) groups excluding carboxylic acids is 2. The molecule has 0 spiro atoms. The standard InChI is InChI=1S/C22H27FN2O2/c1-3-14-24-22(27)17(2)25(15-13-18-7-5-4-6-8-18)21(26)16-19-9-11-20(23)12-10-19/h4-12,17H,3,13-16H2,1-2H3,(H,24,27)/t17-/m0/s1. The average molecular weight is 370 g/mol. The largest absolute Gasteiger partial charge is 0.354 e. The maximum absolute atomic E-state index is 13.1. The quantitative estimate of drug-likeness (QED) is 0.736. The van der Waals surface area contributed by atoms with Gasteiger partial charge in [0.15, 0.2) is 0 Å². The van der Waals surface area contributed by atoms with Crippen LogP contribution in [0.25, 0.3) is 0 Å². The van der Waals surface area contributed by atoms with E-state index < -0.39 is 6.04 Å². The highest BCUT2D eigenvalue weighted by molar-refractivity contribution is 5.88. The van der Waals surface area contributed by atoms with Crippen LogP contribution in [-0.2, 0) is 22.4 Å². The van der Waals surface area contributed by atoms with E-state index in [2.05, 4.69) is 5.32 Å². The van der Waals surface area contributed by atoms with E-state index >= 15 is 0 Å². The lowest BCUT2D eigenvalue weighted by Crippen LogP contribution is -2.49. The Hall–Kier alpha value is -2.69. The molecule has 2 aromatic carbocycles. The number of nitrogens with one attached hydrogen (secondary N) is 1. The van der Waals surface area contributed by atoms with Gasteiger partial charge in [-0.1, -0.05) is 49.4 Å². The van der Waals surface area contributed by atoms with Crippen molar-refractivity contribution in [2.24, 2.45) is 0 Å². The highest BCUT2D eigenvalue weighted by Crippen LogP contribution is 2.10.